The first-order valence-electron chi connectivity index (χ1n) is 12.3. The molecular formula is C25H42F2N2O3S. The maximum atomic E-state index is 12.9. The van der Waals surface area contributed by atoms with Crippen molar-refractivity contribution in [1.29, 1.82) is 0 Å². The highest BCUT2D eigenvalue weighted by Crippen LogP contribution is 2.29. The van der Waals surface area contributed by atoms with Gasteiger partial charge in [0.05, 0.1) is 4.90 Å². The topological polar surface area (TPSA) is 69.6 Å². The van der Waals surface area contributed by atoms with Gasteiger partial charge in [-0.2, -0.15) is 4.31 Å². The molecule has 2 saturated heterocycles. The molecule has 0 aliphatic carbocycles. The molecule has 0 bridgehead atoms. The van der Waals surface area contributed by atoms with Crippen molar-refractivity contribution >= 4 is 10.0 Å². The van der Waals surface area contributed by atoms with Crippen molar-refractivity contribution in [1.82, 2.24) is 9.62 Å². The SMILES string of the molecule is CC(C)c1ccc(S(=O)(=O)N2CCC(CCCC3CCNCC3)CC2)cc1.CC(F)(F)CO. The van der Waals surface area contributed by atoms with E-state index in [1.54, 1.807) is 16.4 Å². The number of benzene rings is 1. The van der Waals surface area contributed by atoms with Crippen molar-refractivity contribution in [2.75, 3.05) is 32.8 Å². The fourth-order valence-electron chi connectivity index (χ4n) is 4.48. The molecule has 8 heteroatoms. The van der Waals surface area contributed by atoms with Crippen LogP contribution in [0.25, 0.3) is 0 Å². The molecule has 0 aromatic heterocycles. The highest BCUT2D eigenvalue weighted by molar-refractivity contribution is 7.89. The second-order valence-electron chi connectivity index (χ2n) is 9.92. The van der Waals surface area contributed by atoms with Crippen LogP contribution in [-0.4, -0.2) is 56.5 Å². The van der Waals surface area contributed by atoms with E-state index in [4.69, 9.17) is 5.11 Å². The zero-order chi connectivity index (χ0) is 24.5. The third kappa shape index (κ3) is 9.59. The number of aliphatic hydroxyl groups excluding tert-OH is 1. The molecule has 2 aliphatic heterocycles. The van der Waals surface area contributed by atoms with Crippen LogP contribution in [0, 0.1) is 11.8 Å². The monoisotopic (exact) mass is 488 g/mol. The molecule has 0 radical (unpaired) electrons. The van der Waals surface area contributed by atoms with E-state index in [2.05, 4.69) is 19.2 Å². The summed E-state index contributed by atoms with van der Waals surface area (Å²) < 4.78 is 49.9. The number of nitrogens with zero attached hydrogens (tertiary/aromatic N) is 1. The lowest BCUT2D eigenvalue weighted by atomic mass is 9.87. The standard InChI is InChI=1S/C22H36N2O2S.C3H6F2O/c1-18(2)21-6-8-22(9-7-21)27(25,26)24-16-12-20(13-17-24)5-3-4-19-10-14-23-15-11-19;1-3(4,5)2-6/h6-9,18-20,23H,3-5,10-17H2,1-2H3;6H,2H2,1H3. The first-order valence-corrected chi connectivity index (χ1v) is 13.8. The fraction of sp³-hybridized carbons (Fsp3) is 0.760. The van der Waals surface area contributed by atoms with E-state index in [9.17, 15) is 17.2 Å². The van der Waals surface area contributed by atoms with E-state index < -0.39 is 22.6 Å². The van der Waals surface area contributed by atoms with Crippen LogP contribution < -0.4 is 5.32 Å². The van der Waals surface area contributed by atoms with E-state index in [0.29, 0.717) is 36.7 Å². The van der Waals surface area contributed by atoms with Crippen LogP contribution in [0.3, 0.4) is 0 Å². The van der Waals surface area contributed by atoms with Gasteiger partial charge < -0.3 is 10.4 Å². The molecule has 0 atom stereocenters. The summed E-state index contributed by atoms with van der Waals surface area (Å²) in [6.45, 7) is 7.55. The van der Waals surface area contributed by atoms with Gasteiger partial charge in [0.1, 0.15) is 6.61 Å². The Morgan fingerprint density at radius 1 is 1.03 bits per heavy atom. The van der Waals surface area contributed by atoms with Crippen LogP contribution >= 0.6 is 0 Å². The van der Waals surface area contributed by atoms with Gasteiger partial charge in [0.25, 0.3) is 5.92 Å². The Hall–Kier alpha value is -1.09. The second-order valence-corrected chi connectivity index (χ2v) is 11.9. The third-order valence-electron chi connectivity index (χ3n) is 6.72. The zero-order valence-electron chi connectivity index (χ0n) is 20.4. The molecule has 0 unspecified atom stereocenters. The molecule has 1 aromatic rings. The van der Waals surface area contributed by atoms with Gasteiger partial charge in [-0.3, -0.25) is 0 Å². The summed E-state index contributed by atoms with van der Waals surface area (Å²) in [5, 5.41) is 11.1. The Bertz CT molecular complexity index is 781. The Kier molecular flexibility index (Phi) is 11.2. The molecule has 5 nitrogen and oxygen atoms in total. The van der Waals surface area contributed by atoms with Gasteiger partial charge in [-0.1, -0.05) is 45.2 Å². The lowest BCUT2D eigenvalue weighted by Gasteiger charge is -2.31. The number of alkyl halides is 2. The second kappa shape index (κ2) is 13.1. The third-order valence-corrected chi connectivity index (χ3v) is 8.63. The van der Waals surface area contributed by atoms with Gasteiger partial charge in [0.2, 0.25) is 10.0 Å². The summed E-state index contributed by atoms with van der Waals surface area (Å²) in [6, 6.07) is 7.45. The lowest BCUT2D eigenvalue weighted by molar-refractivity contribution is -0.0322. The maximum Gasteiger partial charge on any atom is 0.267 e. The number of hydrogen-bond acceptors (Lipinski definition) is 4. The van der Waals surface area contributed by atoms with E-state index in [-0.39, 0.29) is 0 Å². The van der Waals surface area contributed by atoms with Crippen molar-refractivity contribution < 1.29 is 22.3 Å². The van der Waals surface area contributed by atoms with Crippen LogP contribution in [0.4, 0.5) is 8.78 Å². The number of rotatable bonds is 8. The van der Waals surface area contributed by atoms with Gasteiger partial charge >= 0.3 is 0 Å². The number of hydrogen-bond donors (Lipinski definition) is 2. The van der Waals surface area contributed by atoms with Crippen molar-refractivity contribution in [2.45, 2.75) is 82.5 Å². The van der Waals surface area contributed by atoms with E-state index in [0.717, 1.165) is 18.8 Å². The summed E-state index contributed by atoms with van der Waals surface area (Å²) >= 11 is 0. The quantitative estimate of drug-likeness (QED) is 0.539. The predicted molar refractivity (Wildman–Crippen MR) is 129 cm³/mol. The molecule has 0 amide bonds. The van der Waals surface area contributed by atoms with Gasteiger partial charge in [-0.25, -0.2) is 17.2 Å². The minimum absolute atomic E-state index is 0.419. The minimum Gasteiger partial charge on any atom is -0.390 e. The number of aliphatic hydroxyl groups is 1. The Morgan fingerprint density at radius 3 is 1.97 bits per heavy atom. The van der Waals surface area contributed by atoms with Crippen molar-refractivity contribution in [2.24, 2.45) is 11.8 Å². The number of piperidine rings is 2. The van der Waals surface area contributed by atoms with Gasteiger partial charge in [-0.05, 0) is 74.2 Å². The number of halogens is 2. The van der Waals surface area contributed by atoms with Gasteiger partial charge in [0, 0.05) is 20.0 Å². The maximum absolute atomic E-state index is 12.9. The van der Waals surface area contributed by atoms with E-state index >= 15 is 0 Å². The molecule has 3 rings (SSSR count). The van der Waals surface area contributed by atoms with Crippen molar-refractivity contribution in [3.63, 3.8) is 0 Å². The molecular weight excluding hydrogens is 446 g/mol. The molecule has 190 valence electrons. The fourth-order valence-corrected chi connectivity index (χ4v) is 5.95. The smallest absolute Gasteiger partial charge is 0.267 e. The summed E-state index contributed by atoms with van der Waals surface area (Å²) in [5.74, 6) is -0.885. The summed E-state index contributed by atoms with van der Waals surface area (Å²) in [5.41, 5.74) is 1.18. The normalized spacial score (nSPS) is 19.4. The molecule has 33 heavy (non-hydrogen) atoms. The van der Waals surface area contributed by atoms with Crippen LogP contribution in [0.1, 0.15) is 77.2 Å². The predicted octanol–water partition coefficient (Wildman–Crippen LogP) is 5.01. The molecule has 2 aliphatic rings. The number of sulfonamides is 1. The number of nitrogens with one attached hydrogen (secondary N) is 1. The average Bonchev–Trinajstić information content (AvgIpc) is 2.80. The zero-order valence-corrected chi connectivity index (χ0v) is 21.2. The van der Waals surface area contributed by atoms with Crippen LogP contribution in [0.2, 0.25) is 0 Å². The summed E-state index contributed by atoms with van der Waals surface area (Å²) in [7, 11) is -3.34. The molecule has 1 aromatic carbocycles. The lowest BCUT2D eigenvalue weighted by Crippen LogP contribution is -2.38. The van der Waals surface area contributed by atoms with E-state index in [1.165, 1.54) is 50.8 Å². The molecule has 0 spiro atoms. The average molecular weight is 489 g/mol. The van der Waals surface area contributed by atoms with Crippen LogP contribution in [-0.2, 0) is 10.0 Å². The largest absolute Gasteiger partial charge is 0.390 e. The van der Waals surface area contributed by atoms with Gasteiger partial charge in [0.15, 0.2) is 0 Å². The van der Waals surface area contributed by atoms with Crippen LogP contribution in [0.5, 0.6) is 0 Å². The Balaban J connectivity index is 0.000000569. The minimum atomic E-state index is -3.34. The Labute approximate surface area is 199 Å². The van der Waals surface area contributed by atoms with Crippen molar-refractivity contribution in [3.05, 3.63) is 29.8 Å². The first kappa shape index (κ1) is 28.1. The Morgan fingerprint density at radius 2 is 1.52 bits per heavy atom. The highest BCUT2D eigenvalue weighted by Gasteiger charge is 2.29. The van der Waals surface area contributed by atoms with E-state index in [1.807, 2.05) is 12.1 Å². The van der Waals surface area contributed by atoms with Crippen molar-refractivity contribution in [3.8, 4) is 0 Å². The van der Waals surface area contributed by atoms with Crippen LogP contribution in [0.15, 0.2) is 29.2 Å². The molecule has 2 N–H and O–H groups in total. The molecule has 0 saturated carbocycles. The molecule has 2 heterocycles. The first-order chi connectivity index (χ1) is 15.5. The summed E-state index contributed by atoms with van der Waals surface area (Å²) in [6.07, 6.45) is 8.59. The van der Waals surface area contributed by atoms with Gasteiger partial charge in [-0.15, -0.1) is 0 Å². The molecule has 2 fully saturated rings. The highest BCUT2D eigenvalue weighted by atomic mass is 32.2. The summed E-state index contributed by atoms with van der Waals surface area (Å²) in [4.78, 5) is 0.441.